The van der Waals surface area contributed by atoms with Crippen molar-refractivity contribution < 1.29 is 9.47 Å². The van der Waals surface area contributed by atoms with Crippen LogP contribution in [-0.4, -0.2) is 17.1 Å². The molecule has 0 atom stereocenters. The normalized spacial score (nSPS) is 10.7. The second-order valence-electron chi connectivity index (χ2n) is 7.28. The van der Waals surface area contributed by atoms with Gasteiger partial charge >= 0.3 is 0 Å². The van der Waals surface area contributed by atoms with Crippen molar-refractivity contribution in [2.75, 3.05) is 12.4 Å². The van der Waals surface area contributed by atoms with Gasteiger partial charge in [-0.2, -0.15) is 0 Å². The van der Waals surface area contributed by atoms with Crippen LogP contribution in [0.4, 0.5) is 5.69 Å². The van der Waals surface area contributed by atoms with Crippen molar-refractivity contribution in [1.29, 1.82) is 0 Å². The van der Waals surface area contributed by atoms with Crippen LogP contribution in [0.5, 0.6) is 5.75 Å². The molecular weight excluding hydrogens is 422 g/mol. The number of ether oxygens (including phenoxy) is 2. The molecule has 4 aromatic rings. The van der Waals surface area contributed by atoms with Gasteiger partial charge in [0.1, 0.15) is 12.1 Å². The fourth-order valence-corrected chi connectivity index (χ4v) is 3.44. The number of hydrogen-bond acceptors (Lipinski definition) is 5. The Morgan fingerprint density at radius 3 is 2.50 bits per heavy atom. The second-order valence-corrected chi connectivity index (χ2v) is 7.72. The standard InChI is InChI=1S/C26H24ClN3O2/c1-31-24-4-2-3-20(13-24)16-32-17-26-25(15-28-18-30-26)21-7-11-23(12-8-21)29-14-19-5-9-22(27)10-6-19/h2-13,15,18,29H,14,16-17H2,1H3. The van der Waals surface area contributed by atoms with Gasteiger partial charge in [-0.15, -0.1) is 0 Å². The molecule has 1 N–H and O–H groups in total. The van der Waals surface area contributed by atoms with Crippen molar-refractivity contribution in [1.82, 2.24) is 9.97 Å². The number of benzene rings is 3. The largest absolute Gasteiger partial charge is 0.497 e. The Morgan fingerprint density at radius 2 is 1.72 bits per heavy atom. The number of rotatable bonds is 9. The van der Waals surface area contributed by atoms with E-state index in [0.717, 1.165) is 45.4 Å². The summed E-state index contributed by atoms with van der Waals surface area (Å²) in [5.41, 5.74) is 6.12. The lowest BCUT2D eigenvalue weighted by molar-refractivity contribution is 0.105. The predicted octanol–water partition coefficient (Wildman–Crippen LogP) is 6.13. The highest BCUT2D eigenvalue weighted by Gasteiger charge is 2.08. The van der Waals surface area contributed by atoms with Crippen molar-refractivity contribution in [2.24, 2.45) is 0 Å². The van der Waals surface area contributed by atoms with E-state index in [1.165, 1.54) is 5.56 Å². The third kappa shape index (κ3) is 5.84. The summed E-state index contributed by atoms with van der Waals surface area (Å²) in [7, 11) is 1.66. The summed E-state index contributed by atoms with van der Waals surface area (Å²) in [6.07, 6.45) is 3.38. The van der Waals surface area contributed by atoms with Crippen LogP contribution in [-0.2, 0) is 24.5 Å². The maximum absolute atomic E-state index is 5.95. The highest BCUT2D eigenvalue weighted by atomic mass is 35.5. The van der Waals surface area contributed by atoms with Crippen LogP contribution in [0, 0.1) is 0 Å². The summed E-state index contributed by atoms with van der Waals surface area (Å²) < 4.78 is 11.2. The van der Waals surface area contributed by atoms with E-state index in [9.17, 15) is 0 Å². The zero-order valence-electron chi connectivity index (χ0n) is 17.8. The maximum atomic E-state index is 5.95. The summed E-state index contributed by atoms with van der Waals surface area (Å²) in [4.78, 5) is 8.64. The number of nitrogens with one attached hydrogen (secondary N) is 1. The van der Waals surface area contributed by atoms with Crippen molar-refractivity contribution in [2.45, 2.75) is 19.8 Å². The second kappa shape index (κ2) is 10.8. The van der Waals surface area contributed by atoms with Gasteiger partial charge in [-0.1, -0.05) is 48.0 Å². The molecule has 0 saturated carbocycles. The topological polar surface area (TPSA) is 56.3 Å². The molecule has 0 spiro atoms. The van der Waals surface area contributed by atoms with Gasteiger partial charge < -0.3 is 14.8 Å². The average molecular weight is 446 g/mol. The number of halogens is 1. The minimum absolute atomic E-state index is 0.394. The van der Waals surface area contributed by atoms with Crippen LogP contribution in [0.3, 0.4) is 0 Å². The summed E-state index contributed by atoms with van der Waals surface area (Å²) in [5, 5.41) is 4.17. The van der Waals surface area contributed by atoms with E-state index in [2.05, 4.69) is 39.6 Å². The minimum atomic E-state index is 0.394. The molecule has 0 fully saturated rings. The molecule has 0 amide bonds. The van der Waals surface area contributed by atoms with Gasteiger partial charge in [0, 0.05) is 29.0 Å². The molecule has 1 heterocycles. The zero-order valence-corrected chi connectivity index (χ0v) is 18.5. The average Bonchev–Trinajstić information content (AvgIpc) is 2.84. The molecule has 0 aliphatic heterocycles. The maximum Gasteiger partial charge on any atom is 0.119 e. The molecule has 3 aromatic carbocycles. The van der Waals surface area contributed by atoms with Crippen LogP contribution in [0.1, 0.15) is 16.8 Å². The fraction of sp³-hybridized carbons (Fsp3) is 0.154. The van der Waals surface area contributed by atoms with E-state index in [0.29, 0.717) is 13.2 Å². The van der Waals surface area contributed by atoms with E-state index in [1.54, 1.807) is 13.4 Å². The van der Waals surface area contributed by atoms with Crippen LogP contribution in [0.25, 0.3) is 11.1 Å². The van der Waals surface area contributed by atoms with Gasteiger partial charge in [0.2, 0.25) is 0 Å². The lowest BCUT2D eigenvalue weighted by Crippen LogP contribution is -2.01. The van der Waals surface area contributed by atoms with Crippen LogP contribution < -0.4 is 10.1 Å². The highest BCUT2D eigenvalue weighted by molar-refractivity contribution is 6.30. The predicted molar refractivity (Wildman–Crippen MR) is 128 cm³/mol. The lowest BCUT2D eigenvalue weighted by atomic mass is 10.1. The van der Waals surface area contributed by atoms with Gasteiger partial charge in [0.25, 0.3) is 0 Å². The van der Waals surface area contributed by atoms with E-state index >= 15 is 0 Å². The van der Waals surface area contributed by atoms with Crippen molar-refractivity contribution >= 4 is 17.3 Å². The zero-order chi connectivity index (χ0) is 22.2. The Bertz CT molecular complexity index is 1150. The van der Waals surface area contributed by atoms with E-state index in [-0.39, 0.29) is 0 Å². The number of aromatic nitrogens is 2. The van der Waals surface area contributed by atoms with Gasteiger partial charge in [-0.05, 0) is 53.1 Å². The van der Waals surface area contributed by atoms with Crippen LogP contribution in [0.15, 0.2) is 85.3 Å². The third-order valence-electron chi connectivity index (χ3n) is 5.04. The molecule has 0 radical (unpaired) electrons. The quantitative estimate of drug-likeness (QED) is 0.335. The van der Waals surface area contributed by atoms with Crippen molar-refractivity contribution in [3.63, 3.8) is 0 Å². The number of anilines is 1. The first-order chi connectivity index (χ1) is 15.7. The van der Waals surface area contributed by atoms with E-state index < -0.39 is 0 Å². The Kier molecular flexibility index (Phi) is 7.33. The minimum Gasteiger partial charge on any atom is -0.497 e. The summed E-state index contributed by atoms with van der Waals surface area (Å²) in [6.45, 7) is 1.61. The summed E-state index contributed by atoms with van der Waals surface area (Å²) in [6, 6.07) is 23.9. The molecule has 5 nitrogen and oxygen atoms in total. The molecule has 32 heavy (non-hydrogen) atoms. The first kappa shape index (κ1) is 21.8. The Morgan fingerprint density at radius 1 is 0.906 bits per heavy atom. The molecule has 0 saturated heterocycles. The molecular formula is C26H24ClN3O2. The molecule has 0 bridgehead atoms. The van der Waals surface area contributed by atoms with Gasteiger partial charge in [-0.3, -0.25) is 0 Å². The Labute approximate surface area is 193 Å². The Hall–Kier alpha value is -3.41. The van der Waals surface area contributed by atoms with Gasteiger partial charge in [0.15, 0.2) is 0 Å². The monoisotopic (exact) mass is 445 g/mol. The molecule has 162 valence electrons. The number of methoxy groups -OCH3 is 1. The van der Waals surface area contributed by atoms with Crippen molar-refractivity contribution in [3.05, 3.63) is 107 Å². The van der Waals surface area contributed by atoms with Crippen molar-refractivity contribution in [3.8, 4) is 16.9 Å². The summed E-state index contributed by atoms with van der Waals surface area (Å²) >= 11 is 5.95. The van der Waals surface area contributed by atoms with Gasteiger partial charge in [-0.25, -0.2) is 9.97 Å². The molecule has 0 aliphatic rings. The molecule has 1 aromatic heterocycles. The highest BCUT2D eigenvalue weighted by Crippen LogP contribution is 2.24. The third-order valence-corrected chi connectivity index (χ3v) is 5.29. The van der Waals surface area contributed by atoms with E-state index in [4.69, 9.17) is 21.1 Å². The smallest absolute Gasteiger partial charge is 0.119 e. The number of nitrogens with zero attached hydrogens (tertiary/aromatic N) is 2. The molecule has 0 aliphatic carbocycles. The fourth-order valence-electron chi connectivity index (χ4n) is 3.31. The number of hydrogen-bond donors (Lipinski definition) is 1. The molecule has 0 unspecified atom stereocenters. The molecule has 4 rings (SSSR count). The van der Waals surface area contributed by atoms with E-state index in [1.807, 2.05) is 54.7 Å². The summed E-state index contributed by atoms with van der Waals surface area (Å²) in [5.74, 6) is 0.818. The first-order valence-electron chi connectivity index (χ1n) is 10.3. The van der Waals surface area contributed by atoms with Crippen LogP contribution >= 0.6 is 11.6 Å². The SMILES string of the molecule is COc1cccc(COCc2ncncc2-c2ccc(NCc3ccc(Cl)cc3)cc2)c1. The Balaban J connectivity index is 1.38. The van der Waals surface area contributed by atoms with Crippen LogP contribution in [0.2, 0.25) is 5.02 Å². The first-order valence-corrected chi connectivity index (χ1v) is 10.7. The lowest BCUT2D eigenvalue weighted by Gasteiger charge is -2.11. The van der Waals surface area contributed by atoms with Gasteiger partial charge in [0.05, 0.1) is 26.0 Å². The molecule has 6 heteroatoms.